The molecule has 0 fully saturated rings. The zero-order valence-electron chi connectivity index (χ0n) is 16.9. The van der Waals surface area contributed by atoms with Crippen LogP contribution in [0.1, 0.15) is 30.9 Å². The lowest BCUT2D eigenvalue weighted by Crippen LogP contribution is -2.35. The van der Waals surface area contributed by atoms with E-state index >= 15 is 0 Å². The first-order valence-corrected chi connectivity index (χ1v) is 10.3. The molecule has 0 bridgehead atoms. The Morgan fingerprint density at radius 2 is 1.87 bits per heavy atom. The van der Waals surface area contributed by atoms with Crippen LogP contribution in [0.5, 0.6) is 5.88 Å². The average Bonchev–Trinajstić information content (AvgIpc) is 3.03. The molecular formula is C24H21N5O. The molecule has 0 spiro atoms. The first-order chi connectivity index (χ1) is 14.7. The second-order valence-electron chi connectivity index (χ2n) is 7.96. The molecule has 2 aliphatic heterocycles. The van der Waals surface area contributed by atoms with Crippen molar-refractivity contribution in [1.29, 1.82) is 0 Å². The molecule has 2 aliphatic rings. The third-order valence-corrected chi connectivity index (χ3v) is 5.82. The second kappa shape index (κ2) is 6.42. The van der Waals surface area contributed by atoms with Gasteiger partial charge >= 0.3 is 0 Å². The van der Waals surface area contributed by atoms with Crippen molar-refractivity contribution in [2.45, 2.75) is 19.8 Å². The van der Waals surface area contributed by atoms with Gasteiger partial charge in [-0.15, -0.1) is 0 Å². The second-order valence-corrected chi connectivity index (χ2v) is 7.96. The van der Waals surface area contributed by atoms with E-state index < -0.39 is 0 Å². The summed E-state index contributed by atoms with van der Waals surface area (Å²) in [5, 5.41) is 1.27. The molecule has 4 heterocycles. The van der Waals surface area contributed by atoms with Gasteiger partial charge in [-0.1, -0.05) is 32.0 Å². The van der Waals surface area contributed by atoms with Crippen LogP contribution >= 0.6 is 0 Å². The molecule has 6 heteroatoms. The van der Waals surface area contributed by atoms with Crippen LogP contribution in [-0.2, 0) is 0 Å². The van der Waals surface area contributed by atoms with E-state index in [0.717, 1.165) is 23.6 Å². The number of ether oxygens (including phenoxy) is 1. The van der Waals surface area contributed by atoms with E-state index in [0.29, 0.717) is 24.2 Å². The maximum atomic E-state index is 5.85. The Kier molecular flexibility index (Phi) is 3.68. The number of hydrogen-bond acceptors (Lipinski definition) is 5. The standard InChI is InChI=1S/C24H21N5O/c1-15(2)19-13-29(16-6-4-3-5-7-16)20-9-8-17(12-18(19)20)28-10-11-30-24-21-22(25-14-26-24)27-23(21)28/h3-9,12-15H,10-11H2,1-2H3. The summed E-state index contributed by atoms with van der Waals surface area (Å²) < 4.78 is 8.12. The van der Waals surface area contributed by atoms with Gasteiger partial charge in [-0.25, -0.2) is 15.0 Å². The fourth-order valence-electron chi connectivity index (χ4n) is 4.31. The summed E-state index contributed by atoms with van der Waals surface area (Å²) in [6.45, 7) is 5.76. The van der Waals surface area contributed by atoms with Crippen LogP contribution in [0, 0.1) is 0 Å². The molecule has 148 valence electrons. The van der Waals surface area contributed by atoms with Gasteiger partial charge in [0, 0.05) is 23.0 Å². The first-order valence-electron chi connectivity index (χ1n) is 10.3. The number of benzene rings is 2. The quantitative estimate of drug-likeness (QED) is 0.498. The average molecular weight is 395 g/mol. The van der Waals surface area contributed by atoms with Gasteiger partial charge in [0.2, 0.25) is 5.88 Å². The van der Waals surface area contributed by atoms with Gasteiger partial charge in [-0.05, 0) is 41.8 Å². The van der Waals surface area contributed by atoms with Crippen LogP contribution in [0.15, 0.2) is 66.0 Å². The van der Waals surface area contributed by atoms with Crippen molar-refractivity contribution in [1.82, 2.24) is 14.5 Å². The maximum absolute atomic E-state index is 5.85. The molecule has 2 aromatic heterocycles. The fraction of sp³-hybridized carbons (Fsp3) is 0.208. The van der Waals surface area contributed by atoms with Crippen molar-refractivity contribution in [2.75, 3.05) is 18.1 Å². The Morgan fingerprint density at radius 1 is 1.00 bits per heavy atom. The molecule has 6 nitrogen and oxygen atoms in total. The van der Waals surface area contributed by atoms with Crippen LogP contribution < -0.4 is 9.64 Å². The van der Waals surface area contributed by atoms with Crippen LogP contribution in [-0.4, -0.2) is 33.5 Å². The highest BCUT2D eigenvalue weighted by Crippen LogP contribution is 2.39. The molecule has 0 radical (unpaired) electrons. The zero-order valence-corrected chi connectivity index (χ0v) is 16.9. The summed E-state index contributed by atoms with van der Waals surface area (Å²) in [5.74, 6) is 2.65. The van der Waals surface area contributed by atoms with Gasteiger partial charge in [0.15, 0.2) is 11.7 Å². The molecule has 0 aliphatic carbocycles. The molecule has 0 atom stereocenters. The summed E-state index contributed by atoms with van der Waals surface area (Å²) in [6, 6.07) is 17.1. The molecule has 0 amide bonds. The zero-order chi connectivity index (χ0) is 20.2. The Morgan fingerprint density at radius 3 is 2.70 bits per heavy atom. The highest BCUT2D eigenvalue weighted by molar-refractivity contribution is 6.20. The van der Waals surface area contributed by atoms with Gasteiger partial charge in [-0.2, -0.15) is 0 Å². The number of aliphatic imine (C=N–C) groups is 1. The topological polar surface area (TPSA) is 55.5 Å². The van der Waals surface area contributed by atoms with Crippen LogP contribution in [0.3, 0.4) is 0 Å². The van der Waals surface area contributed by atoms with Crippen molar-refractivity contribution in [3.8, 4) is 11.6 Å². The third-order valence-electron chi connectivity index (χ3n) is 5.82. The summed E-state index contributed by atoms with van der Waals surface area (Å²) in [4.78, 5) is 15.4. The lowest BCUT2D eigenvalue weighted by Gasteiger charge is -2.28. The summed E-state index contributed by atoms with van der Waals surface area (Å²) in [6.07, 6.45) is 3.78. The van der Waals surface area contributed by atoms with E-state index in [-0.39, 0.29) is 0 Å². The van der Waals surface area contributed by atoms with Crippen molar-refractivity contribution in [2.24, 2.45) is 4.99 Å². The maximum Gasteiger partial charge on any atom is 0.230 e. The number of hydrogen-bond donors (Lipinski definition) is 0. The van der Waals surface area contributed by atoms with Crippen molar-refractivity contribution < 1.29 is 4.74 Å². The molecule has 0 saturated heterocycles. The summed E-state index contributed by atoms with van der Waals surface area (Å²) >= 11 is 0. The highest BCUT2D eigenvalue weighted by atomic mass is 16.5. The van der Waals surface area contributed by atoms with Crippen molar-refractivity contribution in [3.63, 3.8) is 0 Å². The number of amidine groups is 1. The Bertz CT molecular complexity index is 1310. The minimum absolute atomic E-state index is 0.418. The van der Waals surface area contributed by atoms with Gasteiger partial charge < -0.3 is 14.2 Å². The minimum Gasteiger partial charge on any atom is -0.475 e. The molecular weight excluding hydrogens is 374 g/mol. The van der Waals surface area contributed by atoms with Crippen LogP contribution in [0.25, 0.3) is 16.6 Å². The first kappa shape index (κ1) is 17.2. The number of nitrogens with zero attached hydrogens (tertiary/aromatic N) is 5. The molecule has 6 rings (SSSR count). The lowest BCUT2D eigenvalue weighted by atomic mass is 10.0. The molecule has 4 aromatic rings. The molecule has 0 N–H and O–H groups in total. The molecule has 0 unspecified atom stereocenters. The van der Waals surface area contributed by atoms with Gasteiger partial charge in [0.05, 0.1) is 12.1 Å². The number of anilines is 1. The van der Waals surface area contributed by atoms with E-state index in [4.69, 9.17) is 4.74 Å². The predicted molar refractivity (Wildman–Crippen MR) is 118 cm³/mol. The molecule has 2 aromatic carbocycles. The largest absolute Gasteiger partial charge is 0.475 e. The highest BCUT2D eigenvalue weighted by Gasteiger charge is 2.34. The Labute approximate surface area is 174 Å². The molecule has 30 heavy (non-hydrogen) atoms. The summed E-state index contributed by atoms with van der Waals surface area (Å²) in [7, 11) is 0. The Hall–Kier alpha value is -3.67. The van der Waals surface area contributed by atoms with Crippen molar-refractivity contribution in [3.05, 3.63) is 72.2 Å². The van der Waals surface area contributed by atoms with E-state index in [1.165, 1.54) is 28.5 Å². The number of rotatable bonds is 3. The number of fused-ring (bicyclic) bond motifs is 1. The van der Waals surface area contributed by atoms with Crippen molar-refractivity contribution >= 4 is 28.2 Å². The van der Waals surface area contributed by atoms with E-state index in [2.05, 4.69) is 86.9 Å². The van der Waals surface area contributed by atoms with Gasteiger partial charge in [-0.3, -0.25) is 0 Å². The lowest BCUT2D eigenvalue weighted by molar-refractivity contribution is 0.319. The third kappa shape index (κ3) is 2.46. The van der Waals surface area contributed by atoms with E-state index in [1.54, 1.807) is 0 Å². The SMILES string of the molecule is CC(C)c1cn(-c2ccccc2)c2ccc(N3CCOc4ncnc5c4C3=N5)cc12. The van der Waals surface area contributed by atoms with E-state index in [9.17, 15) is 0 Å². The smallest absolute Gasteiger partial charge is 0.230 e. The predicted octanol–water partition coefficient (Wildman–Crippen LogP) is 4.83. The fourth-order valence-corrected chi connectivity index (χ4v) is 4.31. The summed E-state index contributed by atoms with van der Waals surface area (Å²) in [5.41, 5.74) is 5.74. The van der Waals surface area contributed by atoms with Gasteiger partial charge in [0.1, 0.15) is 18.5 Å². The van der Waals surface area contributed by atoms with Crippen LogP contribution in [0.4, 0.5) is 11.5 Å². The van der Waals surface area contributed by atoms with Crippen LogP contribution in [0.2, 0.25) is 0 Å². The number of para-hydroxylation sites is 1. The Balaban J connectivity index is 1.49. The minimum atomic E-state index is 0.418. The normalized spacial score (nSPS) is 14.8. The molecule has 0 saturated carbocycles. The number of aromatic nitrogens is 3. The monoisotopic (exact) mass is 395 g/mol. The van der Waals surface area contributed by atoms with E-state index in [1.807, 2.05) is 6.07 Å². The van der Waals surface area contributed by atoms with Gasteiger partial charge in [0.25, 0.3) is 0 Å².